The number of nitrogen functional groups attached to an aromatic ring is 2. The van der Waals surface area contributed by atoms with Gasteiger partial charge in [-0.2, -0.15) is 4.98 Å². The maximum atomic E-state index is 11.8. The van der Waals surface area contributed by atoms with Crippen LogP contribution in [0.2, 0.25) is 0 Å². The van der Waals surface area contributed by atoms with Gasteiger partial charge in [0, 0.05) is 24.4 Å². The number of nitrogens with two attached hydrogens (primary N) is 2. The van der Waals surface area contributed by atoms with Gasteiger partial charge >= 0.3 is 0 Å². The maximum Gasteiger partial charge on any atom is 0.257 e. The summed E-state index contributed by atoms with van der Waals surface area (Å²) in [4.78, 5) is 18.1. The van der Waals surface area contributed by atoms with E-state index in [4.69, 9.17) is 25.7 Å². The predicted octanol–water partition coefficient (Wildman–Crippen LogP) is 0.615. The van der Waals surface area contributed by atoms with Gasteiger partial charge in [0.25, 0.3) is 5.56 Å². The second kappa shape index (κ2) is 7.44. The lowest BCUT2D eigenvalue weighted by Gasteiger charge is -2.15. The molecule has 0 atom stereocenters. The summed E-state index contributed by atoms with van der Waals surface area (Å²) in [6, 6.07) is 3.55. The molecule has 0 saturated carbocycles. The lowest BCUT2D eigenvalue weighted by molar-refractivity contribution is 0.324. The first-order chi connectivity index (χ1) is 11.5. The molecule has 0 aliphatic heterocycles. The summed E-state index contributed by atoms with van der Waals surface area (Å²) in [7, 11) is 4.62. The highest BCUT2D eigenvalue weighted by Gasteiger charge is 2.13. The second-order valence-electron chi connectivity index (χ2n) is 4.91. The van der Waals surface area contributed by atoms with Crippen LogP contribution in [0.25, 0.3) is 0 Å². The number of H-pyrrole nitrogens is 1. The van der Waals surface area contributed by atoms with E-state index in [9.17, 15) is 4.79 Å². The molecule has 0 radical (unpaired) electrons. The van der Waals surface area contributed by atoms with Crippen molar-refractivity contribution >= 4 is 17.5 Å². The number of rotatable bonds is 7. The topological polar surface area (TPSA) is 138 Å². The standard InChI is InChI=1S/C15H21N5O4/c1-22-10-6-8(7-11(23-2)12(10)24-3)18-5-4-9-13(16)19-15(17)20-14(9)21/h6-7,18H,4-5H2,1-3H3,(H5,16,17,19,20,21). The van der Waals surface area contributed by atoms with Crippen LogP contribution in [0.15, 0.2) is 16.9 Å². The third-order valence-corrected chi connectivity index (χ3v) is 3.43. The predicted molar refractivity (Wildman–Crippen MR) is 92.0 cm³/mol. The Bertz CT molecular complexity index is 750. The van der Waals surface area contributed by atoms with E-state index in [1.807, 2.05) is 0 Å². The van der Waals surface area contributed by atoms with E-state index in [1.54, 1.807) is 26.4 Å². The second-order valence-corrected chi connectivity index (χ2v) is 4.91. The molecule has 9 heteroatoms. The van der Waals surface area contributed by atoms with E-state index < -0.39 is 0 Å². The fourth-order valence-corrected chi connectivity index (χ4v) is 2.29. The number of nitrogens with one attached hydrogen (secondary N) is 2. The first-order valence-corrected chi connectivity index (χ1v) is 7.18. The highest BCUT2D eigenvalue weighted by atomic mass is 16.5. The number of methoxy groups -OCH3 is 3. The van der Waals surface area contributed by atoms with Crippen molar-refractivity contribution in [2.45, 2.75) is 6.42 Å². The third-order valence-electron chi connectivity index (χ3n) is 3.43. The van der Waals surface area contributed by atoms with E-state index in [0.717, 1.165) is 5.69 Å². The van der Waals surface area contributed by atoms with Gasteiger partial charge in [-0.15, -0.1) is 0 Å². The molecule has 0 spiro atoms. The molecule has 0 saturated heterocycles. The summed E-state index contributed by atoms with van der Waals surface area (Å²) in [6.07, 6.45) is 0.380. The van der Waals surface area contributed by atoms with Crippen molar-refractivity contribution in [2.75, 3.05) is 44.7 Å². The minimum Gasteiger partial charge on any atom is -0.493 e. The van der Waals surface area contributed by atoms with Crippen molar-refractivity contribution in [3.8, 4) is 17.2 Å². The van der Waals surface area contributed by atoms with Gasteiger partial charge in [-0.05, 0) is 6.42 Å². The highest BCUT2D eigenvalue weighted by Crippen LogP contribution is 2.39. The van der Waals surface area contributed by atoms with Gasteiger partial charge in [-0.25, -0.2) is 0 Å². The monoisotopic (exact) mass is 335 g/mol. The van der Waals surface area contributed by atoms with Crippen molar-refractivity contribution in [3.05, 3.63) is 28.0 Å². The van der Waals surface area contributed by atoms with Crippen LogP contribution in [-0.4, -0.2) is 37.8 Å². The summed E-state index contributed by atoms with van der Waals surface area (Å²) >= 11 is 0. The van der Waals surface area contributed by atoms with Gasteiger partial charge in [0.15, 0.2) is 11.5 Å². The Morgan fingerprint density at radius 3 is 2.25 bits per heavy atom. The smallest absolute Gasteiger partial charge is 0.257 e. The molecule has 0 unspecified atom stereocenters. The number of hydrogen-bond acceptors (Lipinski definition) is 8. The minimum atomic E-state index is -0.341. The largest absolute Gasteiger partial charge is 0.493 e. The number of hydrogen-bond donors (Lipinski definition) is 4. The number of ether oxygens (including phenoxy) is 3. The fraction of sp³-hybridized carbons (Fsp3) is 0.333. The zero-order valence-electron chi connectivity index (χ0n) is 13.8. The molecular formula is C15H21N5O4. The zero-order valence-corrected chi connectivity index (χ0v) is 13.8. The van der Waals surface area contributed by atoms with Crippen molar-refractivity contribution in [1.29, 1.82) is 0 Å². The van der Waals surface area contributed by atoms with Crippen molar-refractivity contribution in [2.24, 2.45) is 0 Å². The number of benzene rings is 1. The lowest BCUT2D eigenvalue weighted by Crippen LogP contribution is -2.21. The van der Waals surface area contributed by atoms with Gasteiger partial charge in [-0.3, -0.25) is 9.78 Å². The van der Waals surface area contributed by atoms with Crippen LogP contribution >= 0.6 is 0 Å². The maximum absolute atomic E-state index is 11.8. The van der Waals surface area contributed by atoms with E-state index in [2.05, 4.69) is 15.3 Å². The number of aromatic nitrogens is 2. The van der Waals surface area contributed by atoms with Gasteiger partial charge in [0.1, 0.15) is 5.82 Å². The third kappa shape index (κ3) is 3.62. The van der Waals surface area contributed by atoms with E-state index in [1.165, 1.54) is 7.11 Å². The van der Waals surface area contributed by atoms with Gasteiger partial charge in [0.2, 0.25) is 11.7 Å². The molecule has 0 bridgehead atoms. The summed E-state index contributed by atoms with van der Waals surface area (Å²) in [6.45, 7) is 0.456. The Labute approximate surface area is 138 Å². The molecule has 130 valence electrons. The molecule has 0 fully saturated rings. The van der Waals surface area contributed by atoms with Crippen LogP contribution in [0.5, 0.6) is 17.2 Å². The minimum absolute atomic E-state index is 0.00108. The van der Waals surface area contributed by atoms with Crippen LogP contribution in [0.3, 0.4) is 0 Å². The molecule has 2 rings (SSSR count). The average Bonchev–Trinajstić information content (AvgIpc) is 2.56. The summed E-state index contributed by atoms with van der Waals surface area (Å²) in [5.41, 5.74) is 12.0. The quantitative estimate of drug-likeness (QED) is 0.577. The molecule has 1 aromatic heterocycles. The molecule has 6 N–H and O–H groups in total. The summed E-state index contributed by atoms with van der Waals surface area (Å²) < 4.78 is 15.9. The zero-order chi connectivity index (χ0) is 17.7. The number of aromatic amines is 1. The SMILES string of the molecule is COc1cc(NCCc2c(N)nc(N)[nH]c2=O)cc(OC)c1OC. The average molecular weight is 335 g/mol. The molecule has 1 aromatic carbocycles. The molecule has 0 aliphatic rings. The molecule has 0 aliphatic carbocycles. The van der Waals surface area contributed by atoms with Crippen molar-refractivity contribution < 1.29 is 14.2 Å². The lowest BCUT2D eigenvalue weighted by atomic mass is 10.2. The van der Waals surface area contributed by atoms with Gasteiger partial charge < -0.3 is 31.0 Å². The van der Waals surface area contributed by atoms with E-state index in [0.29, 0.717) is 35.8 Å². The molecule has 1 heterocycles. The Hall–Kier alpha value is -3.10. The van der Waals surface area contributed by atoms with Crippen LogP contribution in [0.4, 0.5) is 17.5 Å². The van der Waals surface area contributed by atoms with E-state index >= 15 is 0 Å². The first-order valence-electron chi connectivity index (χ1n) is 7.18. The molecule has 24 heavy (non-hydrogen) atoms. The number of anilines is 3. The Morgan fingerprint density at radius 2 is 1.75 bits per heavy atom. The summed E-state index contributed by atoms with van der Waals surface area (Å²) in [5, 5.41) is 3.18. The molecule has 9 nitrogen and oxygen atoms in total. The molecular weight excluding hydrogens is 314 g/mol. The van der Waals surface area contributed by atoms with Crippen LogP contribution in [-0.2, 0) is 6.42 Å². The number of nitrogens with zero attached hydrogens (tertiary/aromatic N) is 1. The van der Waals surface area contributed by atoms with Crippen LogP contribution in [0.1, 0.15) is 5.56 Å². The van der Waals surface area contributed by atoms with Crippen LogP contribution in [0, 0.1) is 0 Å². The van der Waals surface area contributed by atoms with Crippen molar-refractivity contribution in [1.82, 2.24) is 9.97 Å². The fourth-order valence-electron chi connectivity index (χ4n) is 2.29. The van der Waals surface area contributed by atoms with E-state index in [-0.39, 0.29) is 17.3 Å². The molecule has 2 aromatic rings. The Balaban J connectivity index is 2.14. The van der Waals surface area contributed by atoms with Gasteiger partial charge in [-0.1, -0.05) is 0 Å². The Morgan fingerprint density at radius 1 is 1.12 bits per heavy atom. The van der Waals surface area contributed by atoms with Crippen LogP contribution < -0.4 is 36.6 Å². The normalized spacial score (nSPS) is 10.3. The highest BCUT2D eigenvalue weighted by molar-refractivity contribution is 5.62. The first kappa shape index (κ1) is 17.3. The van der Waals surface area contributed by atoms with Crippen molar-refractivity contribution in [3.63, 3.8) is 0 Å². The molecule has 0 amide bonds. The summed E-state index contributed by atoms with van der Waals surface area (Å²) in [5.74, 6) is 1.70. The Kier molecular flexibility index (Phi) is 5.35. The van der Waals surface area contributed by atoms with Gasteiger partial charge in [0.05, 0.1) is 26.9 Å².